The number of hydrogen-bond donors (Lipinski definition) is 1. The molecule has 1 aromatic carbocycles. The minimum absolute atomic E-state index is 0.121. The van der Waals surface area contributed by atoms with Gasteiger partial charge in [0.2, 0.25) is 10.0 Å². The minimum Gasteiger partial charge on any atom is -0.348 e. The van der Waals surface area contributed by atoms with Crippen LogP contribution in [0.25, 0.3) is 0 Å². The van der Waals surface area contributed by atoms with Crippen LogP contribution in [-0.2, 0) is 26.2 Å². The van der Waals surface area contributed by atoms with Crippen LogP contribution in [0.1, 0.15) is 31.2 Å². The highest BCUT2D eigenvalue weighted by Gasteiger charge is 2.41. The molecule has 0 unspecified atom stereocenters. The quantitative estimate of drug-likeness (QED) is 0.919. The summed E-state index contributed by atoms with van der Waals surface area (Å²) in [7, 11) is -3.57. The molecule has 0 amide bonds. The zero-order valence-electron chi connectivity index (χ0n) is 12.3. The molecule has 1 aromatic rings. The Balaban J connectivity index is 1.62. The van der Waals surface area contributed by atoms with Crippen LogP contribution in [-0.4, -0.2) is 33.5 Å². The Kier molecular flexibility index (Phi) is 4.49. The summed E-state index contributed by atoms with van der Waals surface area (Å²) in [6, 6.07) is 5.73. The van der Waals surface area contributed by atoms with Crippen molar-refractivity contribution >= 4 is 10.0 Å². The highest BCUT2D eigenvalue weighted by atomic mass is 32.2. The van der Waals surface area contributed by atoms with Crippen LogP contribution in [0.3, 0.4) is 0 Å². The van der Waals surface area contributed by atoms with Crippen molar-refractivity contribution in [3.05, 3.63) is 29.8 Å². The van der Waals surface area contributed by atoms with E-state index in [1.807, 2.05) is 0 Å². The second kappa shape index (κ2) is 6.23. The van der Waals surface area contributed by atoms with Gasteiger partial charge in [0.25, 0.3) is 0 Å². The normalized spacial score (nSPS) is 22.2. The van der Waals surface area contributed by atoms with Crippen molar-refractivity contribution in [1.29, 1.82) is 0 Å². The smallest absolute Gasteiger partial charge is 0.240 e. The molecule has 0 atom stereocenters. The van der Waals surface area contributed by atoms with E-state index in [9.17, 15) is 12.8 Å². The molecule has 2 fully saturated rings. The molecule has 1 aliphatic carbocycles. The molecule has 0 aromatic heterocycles. The summed E-state index contributed by atoms with van der Waals surface area (Å²) in [4.78, 5) is 0.165. The van der Waals surface area contributed by atoms with E-state index in [2.05, 4.69) is 4.72 Å². The number of rotatable bonds is 4. The van der Waals surface area contributed by atoms with E-state index in [0.717, 1.165) is 0 Å². The van der Waals surface area contributed by atoms with Gasteiger partial charge in [-0.25, -0.2) is 17.5 Å². The molecule has 1 N–H and O–H groups in total. The third-order valence-electron chi connectivity index (χ3n) is 4.27. The second-order valence-corrected chi connectivity index (χ2v) is 7.49. The molecule has 1 spiro atoms. The van der Waals surface area contributed by atoms with Gasteiger partial charge in [0.1, 0.15) is 6.67 Å². The SMILES string of the molecule is O=S(=O)(NC1CCC2(CC1)OCCO2)c1ccc(CF)cc1. The molecule has 1 heterocycles. The number of alkyl halides is 1. The van der Waals surface area contributed by atoms with Crippen molar-refractivity contribution in [3.8, 4) is 0 Å². The molecular formula is C15H20FNO4S. The van der Waals surface area contributed by atoms with Crippen molar-refractivity contribution in [2.45, 2.75) is 49.1 Å². The summed E-state index contributed by atoms with van der Waals surface area (Å²) in [5.41, 5.74) is 0.467. The number of halogens is 1. The summed E-state index contributed by atoms with van der Waals surface area (Å²) in [6.07, 6.45) is 2.76. The lowest BCUT2D eigenvalue weighted by Crippen LogP contribution is -2.43. The van der Waals surface area contributed by atoms with Gasteiger partial charge in [-0.15, -0.1) is 0 Å². The molecule has 1 saturated carbocycles. The number of sulfonamides is 1. The van der Waals surface area contributed by atoms with Gasteiger partial charge < -0.3 is 9.47 Å². The molecule has 2 aliphatic rings. The van der Waals surface area contributed by atoms with Gasteiger partial charge in [-0.05, 0) is 30.5 Å². The van der Waals surface area contributed by atoms with Gasteiger partial charge in [-0.3, -0.25) is 0 Å². The van der Waals surface area contributed by atoms with Crippen LogP contribution in [0.15, 0.2) is 29.2 Å². The molecule has 1 aliphatic heterocycles. The molecule has 122 valence electrons. The Labute approximate surface area is 129 Å². The largest absolute Gasteiger partial charge is 0.348 e. The van der Waals surface area contributed by atoms with Gasteiger partial charge in [0.05, 0.1) is 18.1 Å². The Bertz CT molecular complexity index is 601. The van der Waals surface area contributed by atoms with E-state index in [-0.39, 0.29) is 10.9 Å². The van der Waals surface area contributed by atoms with Crippen LogP contribution in [0.5, 0.6) is 0 Å². The molecule has 7 heteroatoms. The molecule has 5 nitrogen and oxygen atoms in total. The first-order valence-electron chi connectivity index (χ1n) is 7.48. The minimum atomic E-state index is -3.57. The molecular weight excluding hydrogens is 309 g/mol. The predicted molar refractivity (Wildman–Crippen MR) is 78.5 cm³/mol. The Hall–Kier alpha value is -1.02. The molecule has 22 heavy (non-hydrogen) atoms. The summed E-state index contributed by atoms with van der Waals surface area (Å²) in [5, 5.41) is 0. The average Bonchev–Trinajstić information content (AvgIpc) is 2.98. The molecule has 3 rings (SSSR count). The molecule has 0 bridgehead atoms. The third-order valence-corrected chi connectivity index (χ3v) is 5.81. The first-order chi connectivity index (χ1) is 10.5. The van der Waals surface area contributed by atoms with E-state index in [1.54, 1.807) is 0 Å². The van der Waals surface area contributed by atoms with Gasteiger partial charge in [0, 0.05) is 18.9 Å². The highest BCUT2D eigenvalue weighted by Crippen LogP contribution is 2.36. The van der Waals surface area contributed by atoms with Crippen molar-refractivity contribution in [3.63, 3.8) is 0 Å². The van der Waals surface area contributed by atoms with Gasteiger partial charge in [-0.2, -0.15) is 0 Å². The van der Waals surface area contributed by atoms with E-state index in [4.69, 9.17) is 9.47 Å². The maximum Gasteiger partial charge on any atom is 0.240 e. The Morgan fingerprint density at radius 3 is 2.27 bits per heavy atom. The standard InChI is InChI=1S/C15H20FNO4S/c16-11-12-1-3-14(4-2-12)22(18,19)17-13-5-7-15(8-6-13)20-9-10-21-15/h1-4,13,17H,5-11H2. The first-order valence-corrected chi connectivity index (χ1v) is 8.96. The van der Waals surface area contributed by atoms with Crippen LogP contribution in [0.4, 0.5) is 4.39 Å². The van der Waals surface area contributed by atoms with Crippen molar-refractivity contribution in [2.24, 2.45) is 0 Å². The van der Waals surface area contributed by atoms with Crippen molar-refractivity contribution in [2.75, 3.05) is 13.2 Å². The van der Waals surface area contributed by atoms with Crippen molar-refractivity contribution < 1.29 is 22.3 Å². The zero-order chi connectivity index (χ0) is 15.6. The van der Waals surface area contributed by atoms with E-state index < -0.39 is 22.5 Å². The number of ether oxygens (including phenoxy) is 2. The van der Waals surface area contributed by atoms with Crippen LogP contribution >= 0.6 is 0 Å². The summed E-state index contributed by atoms with van der Waals surface area (Å²) in [6.45, 7) is 0.618. The fraction of sp³-hybridized carbons (Fsp3) is 0.600. The maximum atomic E-state index is 12.5. The topological polar surface area (TPSA) is 64.6 Å². The number of nitrogens with one attached hydrogen (secondary N) is 1. The third kappa shape index (κ3) is 3.32. The van der Waals surface area contributed by atoms with Gasteiger partial charge >= 0.3 is 0 Å². The summed E-state index contributed by atoms with van der Waals surface area (Å²) >= 11 is 0. The zero-order valence-corrected chi connectivity index (χ0v) is 13.1. The lowest BCUT2D eigenvalue weighted by molar-refractivity contribution is -0.178. The van der Waals surface area contributed by atoms with E-state index >= 15 is 0 Å². The van der Waals surface area contributed by atoms with Crippen molar-refractivity contribution in [1.82, 2.24) is 4.72 Å². The lowest BCUT2D eigenvalue weighted by Gasteiger charge is -2.35. The Morgan fingerprint density at radius 2 is 1.73 bits per heavy atom. The fourth-order valence-electron chi connectivity index (χ4n) is 3.01. The van der Waals surface area contributed by atoms with Crippen LogP contribution in [0, 0.1) is 0 Å². The van der Waals surface area contributed by atoms with Gasteiger partial charge in [0.15, 0.2) is 5.79 Å². The highest BCUT2D eigenvalue weighted by molar-refractivity contribution is 7.89. The summed E-state index contributed by atoms with van der Waals surface area (Å²) < 4.78 is 51.2. The van der Waals surface area contributed by atoms with Gasteiger partial charge in [-0.1, -0.05) is 12.1 Å². The molecule has 1 saturated heterocycles. The van der Waals surface area contributed by atoms with E-state index in [1.165, 1.54) is 24.3 Å². The van der Waals surface area contributed by atoms with Crippen LogP contribution in [0.2, 0.25) is 0 Å². The van der Waals surface area contributed by atoms with E-state index in [0.29, 0.717) is 44.5 Å². The second-order valence-electron chi connectivity index (χ2n) is 5.78. The Morgan fingerprint density at radius 1 is 1.14 bits per heavy atom. The average molecular weight is 329 g/mol. The first kappa shape index (κ1) is 15.9. The maximum absolute atomic E-state index is 12.5. The van der Waals surface area contributed by atoms with Crippen LogP contribution < -0.4 is 4.72 Å². The fourth-order valence-corrected chi connectivity index (χ4v) is 4.31. The molecule has 0 radical (unpaired) electrons. The lowest BCUT2D eigenvalue weighted by atomic mass is 9.91. The predicted octanol–water partition coefficient (Wildman–Crippen LogP) is 2.12. The number of hydrogen-bond acceptors (Lipinski definition) is 4. The number of benzene rings is 1. The summed E-state index contributed by atoms with van der Waals surface area (Å²) in [5.74, 6) is -0.495. The monoisotopic (exact) mass is 329 g/mol.